The van der Waals surface area contributed by atoms with E-state index < -0.39 is 5.97 Å². The van der Waals surface area contributed by atoms with Crippen LogP contribution in [0.1, 0.15) is 23.2 Å². The SMILES string of the molecule is O=C(O)c1ccnc(NC[C@H]2CCCO2)c1. The van der Waals surface area contributed by atoms with E-state index in [0.29, 0.717) is 12.4 Å². The van der Waals surface area contributed by atoms with Gasteiger partial charge in [0.2, 0.25) is 0 Å². The van der Waals surface area contributed by atoms with Crippen LogP contribution >= 0.6 is 0 Å². The lowest BCUT2D eigenvalue weighted by atomic mass is 10.2. The maximum absolute atomic E-state index is 10.7. The average Bonchev–Trinajstić information content (AvgIpc) is 2.79. The topological polar surface area (TPSA) is 71.5 Å². The van der Waals surface area contributed by atoms with Gasteiger partial charge in [0.15, 0.2) is 0 Å². The van der Waals surface area contributed by atoms with Gasteiger partial charge in [0.05, 0.1) is 11.7 Å². The highest BCUT2D eigenvalue weighted by atomic mass is 16.5. The number of nitrogens with one attached hydrogen (secondary N) is 1. The third-order valence-corrected chi connectivity index (χ3v) is 2.54. The van der Waals surface area contributed by atoms with Gasteiger partial charge in [0, 0.05) is 19.3 Å². The molecule has 0 saturated carbocycles. The van der Waals surface area contributed by atoms with Crippen molar-refractivity contribution < 1.29 is 14.6 Å². The van der Waals surface area contributed by atoms with Gasteiger partial charge in [0.25, 0.3) is 0 Å². The number of carbonyl (C=O) groups is 1. The van der Waals surface area contributed by atoms with Crippen molar-refractivity contribution >= 4 is 11.8 Å². The molecule has 1 aliphatic rings. The van der Waals surface area contributed by atoms with Crippen molar-refractivity contribution in [3.63, 3.8) is 0 Å². The molecular formula is C11H14N2O3. The van der Waals surface area contributed by atoms with Crippen molar-refractivity contribution in [1.29, 1.82) is 0 Å². The summed E-state index contributed by atoms with van der Waals surface area (Å²) in [5.41, 5.74) is 0.241. The lowest BCUT2D eigenvalue weighted by molar-refractivity contribution is 0.0697. The zero-order valence-electron chi connectivity index (χ0n) is 8.85. The van der Waals surface area contributed by atoms with E-state index in [-0.39, 0.29) is 11.7 Å². The Labute approximate surface area is 93.5 Å². The van der Waals surface area contributed by atoms with Crippen molar-refractivity contribution in [3.8, 4) is 0 Å². The summed E-state index contributed by atoms with van der Waals surface area (Å²) < 4.78 is 5.45. The van der Waals surface area contributed by atoms with Gasteiger partial charge in [-0.05, 0) is 25.0 Å². The maximum Gasteiger partial charge on any atom is 0.335 e. The monoisotopic (exact) mass is 222 g/mol. The first-order valence-corrected chi connectivity index (χ1v) is 5.30. The average molecular weight is 222 g/mol. The van der Waals surface area contributed by atoms with Crippen LogP contribution in [0.2, 0.25) is 0 Å². The Balaban J connectivity index is 1.93. The van der Waals surface area contributed by atoms with Gasteiger partial charge < -0.3 is 15.2 Å². The molecule has 2 rings (SSSR count). The first-order valence-electron chi connectivity index (χ1n) is 5.30. The number of nitrogens with zero attached hydrogens (tertiary/aromatic N) is 1. The van der Waals surface area contributed by atoms with Gasteiger partial charge in [-0.15, -0.1) is 0 Å². The zero-order chi connectivity index (χ0) is 11.4. The highest BCUT2D eigenvalue weighted by molar-refractivity contribution is 5.88. The highest BCUT2D eigenvalue weighted by Crippen LogP contribution is 2.13. The smallest absolute Gasteiger partial charge is 0.335 e. The van der Waals surface area contributed by atoms with Crippen LogP contribution < -0.4 is 5.32 Å². The van der Waals surface area contributed by atoms with Gasteiger partial charge in [-0.1, -0.05) is 0 Å². The first kappa shape index (κ1) is 10.9. The van der Waals surface area contributed by atoms with Gasteiger partial charge in [-0.25, -0.2) is 9.78 Å². The molecule has 16 heavy (non-hydrogen) atoms. The van der Waals surface area contributed by atoms with Crippen LogP contribution in [0.15, 0.2) is 18.3 Å². The minimum Gasteiger partial charge on any atom is -0.478 e. The largest absolute Gasteiger partial charge is 0.478 e. The van der Waals surface area contributed by atoms with Crippen LogP contribution in [0.4, 0.5) is 5.82 Å². The third kappa shape index (κ3) is 2.70. The summed E-state index contributed by atoms with van der Waals surface area (Å²) in [6, 6.07) is 3.00. The number of aromatic nitrogens is 1. The first-order chi connectivity index (χ1) is 7.75. The van der Waals surface area contributed by atoms with E-state index in [1.165, 1.54) is 18.3 Å². The summed E-state index contributed by atoms with van der Waals surface area (Å²) in [6.45, 7) is 1.49. The molecule has 0 radical (unpaired) electrons. The second-order valence-electron chi connectivity index (χ2n) is 3.75. The number of pyridine rings is 1. The van der Waals surface area contributed by atoms with Crippen molar-refractivity contribution in [2.75, 3.05) is 18.5 Å². The molecule has 2 heterocycles. The van der Waals surface area contributed by atoms with Crippen LogP contribution in [0.3, 0.4) is 0 Å². The Morgan fingerprint density at radius 3 is 3.25 bits per heavy atom. The van der Waals surface area contributed by atoms with Crippen molar-refractivity contribution in [3.05, 3.63) is 23.9 Å². The summed E-state index contributed by atoms with van der Waals surface area (Å²) >= 11 is 0. The number of ether oxygens (including phenoxy) is 1. The number of hydrogen-bond donors (Lipinski definition) is 2. The molecule has 0 aromatic carbocycles. The Kier molecular flexibility index (Phi) is 3.36. The third-order valence-electron chi connectivity index (χ3n) is 2.54. The highest BCUT2D eigenvalue weighted by Gasteiger charge is 2.15. The molecule has 1 saturated heterocycles. The predicted molar refractivity (Wildman–Crippen MR) is 58.7 cm³/mol. The number of rotatable bonds is 4. The van der Waals surface area contributed by atoms with Gasteiger partial charge >= 0.3 is 5.97 Å². The predicted octanol–water partition coefficient (Wildman–Crippen LogP) is 1.37. The van der Waals surface area contributed by atoms with Gasteiger partial charge in [0.1, 0.15) is 5.82 Å². The molecule has 0 bridgehead atoms. The molecule has 0 spiro atoms. The quantitative estimate of drug-likeness (QED) is 0.805. The summed E-state index contributed by atoms with van der Waals surface area (Å²) in [5, 5.41) is 11.9. The second kappa shape index (κ2) is 4.94. The normalized spacial score (nSPS) is 19.6. The van der Waals surface area contributed by atoms with E-state index in [4.69, 9.17) is 9.84 Å². The Hall–Kier alpha value is -1.62. The van der Waals surface area contributed by atoms with E-state index in [1.807, 2.05) is 0 Å². The van der Waals surface area contributed by atoms with Crippen molar-refractivity contribution in [1.82, 2.24) is 4.98 Å². The molecule has 0 unspecified atom stereocenters. The molecule has 5 nitrogen and oxygen atoms in total. The fraction of sp³-hybridized carbons (Fsp3) is 0.455. The second-order valence-corrected chi connectivity index (χ2v) is 3.75. The number of carboxylic acid groups (broad SMARTS) is 1. The molecule has 1 aromatic heterocycles. The molecule has 2 N–H and O–H groups in total. The van der Waals surface area contributed by atoms with E-state index in [9.17, 15) is 4.79 Å². The molecule has 86 valence electrons. The lowest BCUT2D eigenvalue weighted by Crippen LogP contribution is -2.19. The molecule has 0 aliphatic carbocycles. The van der Waals surface area contributed by atoms with E-state index in [2.05, 4.69) is 10.3 Å². The number of anilines is 1. The van der Waals surface area contributed by atoms with E-state index >= 15 is 0 Å². The molecule has 1 atom stereocenters. The molecular weight excluding hydrogens is 208 g/mol. The van der Waals surface area contributed by atoms with Crippen LogP contribution in [0, 0.1) is 0 Å². The lowest BCUT2D eigenvalue weighted by Gasteiger charge is -2.11. The molecule has 1 aromatic rings. The number of aromatic carboxylic acids is 1. The van der Waals surface area contributed by atoms with Crippen LogP contribution in [0.5, 0.6) is 0 Å². The molecule has 0 amide bonds. The Morgan fingerprint density at radius 2 is 2.56 bits per heavy atom. The molecule has 5 heteroatoms. The number of carboxylic acids is 1. The summed E-state index contributed by atoms with van der Waals surface area (Å²) in [5.74, 6) is -0.363. The Bertz CT molecular complexity index is 375. The van der Waals surface area contributed by atoms with Crippen molar-refractivity contribution in [2.24, 2.45) is 0 Å². The fourth-order valence-corrected chi connectivity index (χ4v) is 1.68. The van der Waals surface area contributed by atoms with Crippen LogP contribution in [-0.4, -0.2) is 35.3 Å². The minimum atomic E-state index is -0.942. The minimum absolute atomic E-state index is 0.218. The zero-order valence-corrected chi connectivity index (χ0v) is 8.85. The van der Waals surface area contributed by atoms with E-state index in [0.717, 1.165) is 19.4 Å². The van der Waals surface area contributed by atoms with E-state index in [1.54, 1.807) is 0 Å². The summed E-state index contributed by atoms with van der Waals surface area (Å²) in [7, 11) is 0. The van der Waals surface area contributed by atoms with Gasteiger partial charge in [-0.2, -0.15) is 0 Å². The standard InChI is InChI=1S/C11H14N2O3/c14-11(15)8-3-4-12-10(6-8)13-7-9-2-1-5-16-9/h3-4,6,9H,1-2,5,7H2,(H,12,13)(H,14,15)/t9-/m1/s1. The summed E-state index contributed by atoms with van der Waals surface area (Å²) in [4.78, 5) is 14.8. The molecule has 1 fully saturated rings. The van der Waals surface area contributed by atoms with Gasteiger partial charge in [-0.3, -0.25) is 0 Å². The summed E-state index contributed by atoms with van der Waals surface area (Å²) in [6.07, 6.45) is 3.84. The maximum atomic E-state index is 10.7. The van der Waals surface area contributed by atoms with Crippen molar-refractivity contribution in [2.45, 2.75) is 18.9 Å². The molecule has 1 aliphatic heterocycles. The Morgan fingerprint density at radius 1 is 1.69 bits per heavy atom. The number of hydrogen-bond acceptors (Lipinski definition) is 4. The van der Waals surface area contributed by atoms with Crippen LogP contribution in [0.25, 0.3) is 0 Å². The van der Waals surface area contributed by atoms with Crippen LogP contribution in [-0.2, 0) is 4.74 Å². The fourth-order valence-electron chi connectivity index (χ4n) is 1.68.